The molecule has 0 saturated carbocycles. The van der Waals surface area contributed by atoms with Crippen LogP contribution in [0, 0.1) is 10.1 Å². The number of nitro groups is 1. The number of halogens is 4. The first-order valence-corrected chi connectivity index (χ1v) is 5.56. The molecule has 0 amide bonds. The Balaban J connectivity index is 3.45. The number of hydrogen-bond donors (Lipinski definition) is 0. The molecule has 1 rings (SSSR count). The molecular formula is C7H4Br2F2N2O2. The van der Waals surface area contributed by atoms with E-state index in [2.05, 4.69) is 36.8 Å². The molecule has 1 aromatic heterocycles. The van der Waals surface area contributed by atoms with Crippen molar-refractivity contribution < 1.29 is 13.7 Å². The Hall–Kier alpha value is -0.630. The summed E-state index contributed by atoms with van der Waals surface area (Å²) >= 11 is 5.78. The summed E-state index contributed by atoms with van der Waals surface area (Å²) in [6, 6.07) is 1.10. The molecule has 1 aromatic rings. The monoisotopic (exact) mass is 344 g/mol. The van der Waals surface area contributed by atoms with Crippen molar-refractivity contribution in [3.05, 3.63) is 32.0 Å². The minimum absolute atomic E-state index is 0.0224. The largest absolute Gasteiger partial charge is 0.280 e. The summed E-state index contributed by atoms with van der Waals surface area (Å²) in [6.07, 6.45) is -2.84. The van der Waals surface area contributed by atoms with Crippen molar-refractivity contribution in [1.82, 2.24) is 4.98 Å². The maximum atomic E-state index is 12.5. The zero-order valence-electron chi connectivity index (χ0n) is 7.08. The van der Waals surface area contributed by atoms with Crippen molar-refractivity contribution >= 4 is 37.5 Å². The van der Waals surface area contributed by atoms with Crippen LogP contribution in [0.5, 0.6) is 0 Å². The Kier molecular flexibility index (Phi) is 4.09. The van der Waals surface area contributed by atoms with Crippen molar-refractivity contribution in [2.24, 2.45) is 0 Å². The van der Waals surface area contributed by atoms with E-state index in [0.29, 0.717) is 0 Å². The van der Waals surface area contributed by atoms with Crippen LogP contribution in [0.4, 0.5) is 14.5 Å². The highest BCUT2D eigenvalue weighted by Crippen LogP contribution is 2.32. The molecule has 4 nitrogen and oxygen atoms in total. The third-order valence-electron chi connectivity index (χ3n) is 1.64. The molecule has 82 valence electrons. The highest BCUT2D eigenvalue weighted by Gasteiger charge is 2.24. The Bertz CT molecular complexity index is 401. The molecule has 0 aromatic carbocycles. The van der Waals surface area contributed by atoms with Gasteiger partial charge in [0.1, 0.15) is 10.3 Å². The minimum atomic E-state index is -2.84. The van der Waals surface area contributed by atoms with Gasteiger partial charge in [-0.2, -0.15) is 0 Å². The quantitative estimate of drug-likeness (QED) is 0.364. The molecule has 0 fully saturated rings. The summed E-state index contributed by atoms with van der Waals surface area (Å²) in [5.74, 6) is 0. The molecule has 0 bridgehead atoms. The highest BCUT2D eigenvalue weighted by atomic mass is 79.9. The van der Waals surface area contributed by atoms with E-state index in [1.807, 2.05) is 0 Å². The van der Waals surface area contributed by atoms with E-state index >= 15 is 0 Å². The van der Waals surface area contributed by atoms with Crippen LogP contribution in [0.3, 0.4) is 0 Å². The van der Waals surface area contributed by atoms with E-state index in [9.17, 15) is 18.9 Å². The molecule has 0 spiro atoms. The summed E-state index contributed by atoms with van der Waals surface area (Å²) in [4.78, 5) is 13.4. The van der Waals surface area contributed by atoms with Crippen molar-refractivity contribution in [3.63, 3.8) is 0 Å². The Morgan fingerprint density at radius 3 is 2.60 bits per heavy atom. The molecule has 0 aliphatic carbocycles. The molecule has 1 heterocycles. The van der Waals surface area contributed by atoms with Crippen LogP contribution >= 0.6 is 31.9 Å². The first-order chi connectivity index (χ1) is 6.97. The molecular weight excluding hydrogens is 342 g/mol. The summed E-state index contributed by atoms with van der Waals surface area (Å²) in [5.41, 5.74) is -1.05. The third-order valence-corrected chi connectivity index (χ3v) is 2.61. The van der Waals surface area contributed by atoms with E-state index in [4.69, 9.17) is 0 Å². The zero-order valence-corrected chi connectivity index (χ0v) is 10.3. The lowest BCUT2D eigenvalue weighted by Crippen LogP contribution is -2.02. The molecule has 0 aliphatic rings. The molecule has 0 aliphatic heterocycles. The van der Waals surface area contributed by atoms with Gasteiger partial charge >= 0.3 is 0 Å². The van der Waals surface area contributed by atoms with Crippen LogP contribution in [0.25, 0.3) is 0 Å². The summed E-state index contributed by atoms with van der Waals surface area (Å²) < 4.78 is 25.0. The molecule has 0 N–H and O–H groups in total. The van der Waals surface area contributed by atoms with Gasteiger partial charge in [-0.05, 0) is 15.9 Å². The van der Waals surface area contributed by atoms with Crippen molar-refractivity contribution in [2.75, 3.05) is 0 Å². The van der Waals surface area contributed by atoms with Gasteiger partial charge in [-0.25, -0.2) is 13.8 Å². The standard InChI is InChI=1S/C7H4Br2F2N2O2/c8-2-3-4(13(14)15)1-5(9)12-6(3)7(10)11/h1,7H,2H2. The average Bonchev–Trinajstić information content (AvgIpc) is 2.16. The second-order valence-corrected chi connectivity index (χ2v) is 3.89. The van der Waals surface area contributed by atoms with E-state index in [0.717, 1.165) is 6.07 Å². The van der Waals surface area contributed by atoms with Crippen LogP contribution < -0.4 is 0 Å². The predicted octanol–water partition coefficient (Wildman–Crippen LogP) is 3.58. The lowest BCUT2D eigenvalue weighted by Gasteiger charge is -2.06. The van der Waals surface area contributed by atoms with Gasteiger partial charge in [0.25, 0.3) is 12.1 Å². The van der Waals surface area contributed by atoms with Crippen molar-refractivity contribution in [1.29, 1.82) is 0 Å². The summed E-state index contributed by atoms with van der Waals surface area (Å²) in [5, 5.41) is 10.6. The number of alkyl halides is 3. The van der Waals surface area contributed by atoms with Crippen molar-refractivity contribution in [2.45, 2.75) is 11.8 Å². The van der Waals surface area contributed by atoms with E-state index in [-0.39, 0.29) is 21.2 Å². The number of rotatable bonds is 3. The fraction of sp³-hybridized carbons (Fsp3) is 0.286. The fourth-order valence-electron chi connectivity index (χ4n) is 1.03. The topological polar surface area (TPSA) is 56.0 Å². The maximum Gasteiger partial charge on any atom is 0.280 e. The summed E-state index contributed by atoms with van der Waals surface area (Å²) in [7, 11) is 0. The van der Waals surface area contributed by atoms with Crippen molar-refractivity contribution in [3.8, 4) is 0 Å². The van der Waals surface area contributed by atoms with Gasteiger partial charge < -0.3 is 0 Å². The number of aromatic nitrogens is 1. The van der Waals surface area contributed by atoms with E-state index in [1.54, 1.807) is 0 Å². The van der Waals surface area contributed by atoms with Crippen LogP contribution in [-0.4, -0.2) is 9.91 Å². The SMILES string of the molecule is O=[N+]([O-])c1cc(Br)nc(C(F)F)c1CBr. The average molecular weight is 346 g/mol. The molecule has 0 unspecified atom stereocenters. The molecule has 0 atom stereocenters. The predicted molar refractivity (Wildman–Crippen MR) is 56.2 cm³/mol. The molecule has 0 saturated heterocycles. The maximum absolute atomic E-state index is 12.5. The van der Waals surface area contributed by atoms with Crippen LogP contribution in [0.15, 0.2) is 10.7 Å². The molecule has 8 heteroatoms. The minimum Gasteiger partial charge on any atom is -0.258 e. The Morgan fingerprint density at radius 2 is 2.20 bits per heavy atom. The number of nitrogens with zero attached hydrogens (tertiary/aromatic N) is 2. The van der Waals surface area contributed by atoms with Gasteiger partial charge in [0.15, 0.2) is 0 Å². The van der Waals surface area contributed by atoms with Crippen LogP contribution in [0.2, 0.25) is 0 Å². The zero-order chi connectivity index (χ0) is 11.6. The van der Waals surface area contributed by atoms with Gasteiger partial charge in [0, 0.05) is 11.4 Å². The first-order valence-electron chi connectivity index (χ1n) is 3.65. The van der Waals surface area contributed by atoms with Gasteiger partial charge in [0.05, 0.1) is 10.5 Å². The Morgan fingerprint density at radius 1 is 1.60 bits per heavy atom. The van der Waals surface area contributed by atoms with E-state index < -0.39 is 17.0 Å². The highest BCUT2D eigenvalue weighted by molar-refractivity contribution is 9.10. The first kappa shape index (κ1) is 12.4. The number of pyridine rings is 1. The second kappa shape index (κ2) is 4.93. The molecule has 0 radical (unpaired) electrons. The van der Waals surface area contributed by atoms with Gasteiger partial charge in [-0.3, -0.25) is 10.1 Å². The van der Waals surface area contributed by atoms with Crippen LogP contribution in [0.1, 0.15) is 17.7 Å². The lowest BCUT2D eigenvalue weighted by molar-refractivity contribution is -0.385. The molecule has 15 heavy (non-hydrogen) atoms. The normalized spacial score (nSPS) is 10.7. The van der Waals surface area contributed by atoms with Gasteiger partial charge in [-0.15, -0.1) is 0 Å². The van der Waals surface area contributed by atoms with Gasteiger partial charge in [0.2, 0.25) is 0 Å². The third kappa shape index (κ3) is 2.69. The van der Waals surface area contributed by atoms with Gasteiger partial charge in [-0.1, -0.05) is 15.9 Å². The van der Waals surface area contributed by atoms with Crippen LogP contribution in [-0.2, 0) is 5.33 Å². The summed E-state index contributed by atoms with van der Waals surface area (Å²) in [6.45, 7) is 0. The number of hydrogen-bond acceptors (Lipinski definition) is 3. The fourth-order valence-corrected chi connectivity index (χ4v) is 2.01. The van der Waals surface area contributed by atoms with E-state index in [1.165, 1.54) is 0 Å². The lowest BCUT2D eigenvalue weighted by atomic mass is 10.2. The second-order valence-electron chi connectivity index (χ2n) is 2.52. The smallest absolute Gasteiger partial charge is 0.258 e. The Labute approximate surface area is 100 Å².